The highest BCUT2D eigenvalue weighted by Crippen LogP contribution is 2.29. The Hall–Kier alpha value is -3.74. The van der Waals surface area contributed by atoms with Crippen LogP contribution in [0.3, 0.4) is 0 Å². The van der Waals surface area contributed by atoms with Gasteiger partial charge in [0.25, 0.3) is 5.56 Å². The Morgan fingerprint density at radius 3 is 2.47 bits per heavy atom. The van der Waals surface area contributed by atoms with Crippen molar-refractivity contribution in [2.75, 3.05) is 11.4 Å². The number of rotatable bonds is 5. The van der Waals surface area contributed by atoms with Crippen LogP contribution in [0.1, 0.15) is 50.3 Å². The van der Waals surface area contributed by atoms with E-state index in [1.807, 2.05) is 18.5 Å². The number of carbonyl (C=O) groups is 2. The summed E-state index contributed by atoms with van der Waals surface area (Å²) >= 11 is 0. The first-order valence-corrected chi connectivity index (χ1v) is 12.4. The quantitative estimate of drug-likeness (QED) is 0.516. The summed E-state index contributed by atoms with van der Waals surface area (Å²) in [6, 6.07) is 5.84. The second-order valence-corrected chi connectivity index (χ2v) is 9.47. The number of nitrogens with zero attached hydrogens (tertiary/aromatic N) is 5. The van der Waals surface area contributed by atoms with Crippen LogP contribution in [0, 0.1) is 0 Å². The molecular weight excluding hydrogens is 505 g/mol. The summed E-state index contributed by atoms with van der Waals surface area (Å²) in [4.78, 5) is 40.9. The van der Waals surface area contributed by atoms with Gasteiger partial charge >= 0.3 is 12.1 Å². The first-order chi connectivity index (χ1) is 18.0. The lowest BCUT2D eigenvalue weighted by molar-refractivity contribution is -0.192. The minimum Gasteiger partial charge on any atom is -0.475 e. The number of hydrogen-bond acceptors (Lipinski definition) is 6. The number of imidazole rings is 1. The Morgan fingerprint density at radius 1 is 1.18 bits per heavy atom. The average Bonchev–Trinajstić information content (AvgIpc) is 3.33. The van der Waals surface area contributed by atoms with Gasteiger partial charge in [-0.15, -0.1) is 0 Å². The molecule has 10 nitrogen and oxygen atoms in total. The molecule has 5 rings (SSSR count). The van der Waals surface area contributed by atoms with Crippen LogP contribution in [0.5, 0.6) is 0 Å². The maximum absolute atomic E-state index is 13.2. The number of nitrogens with one attached hydrogen (secondary N) is 1. The molecule has 1 atom stereocenters. The van der Waals surface area contributed by atoms with Crippen LogP contribution in [0.25, 0.3) is 10.8 Å². The molecule has 13 heteroatoms. The van der Waals surface area contributed by atoms with Gasteiger partial charge in [0.1, 0.15) is 0 Å². The summed E-state index contributed by atoms with van der Waals surface area (Å²) in [7, 11) is 1.64. The lowest BCUT2D eigenvalue weighted by Crippen LogP contribution is -2.54. The molecule has 2 N–H and O–H groups in total. The lowest BCUT2D eigenvalue weighted by Gasteiger charge is -2.32. The zero-order valence-corrected chi connectivity index (χ0v) is 20.8. The molecular formula is C25H29F3N6O4. The highest BCUT2D eigenvalue weighted by atomic mass is 19.4. The zero-order chi connectivity index (χ0) is 27.4. The topological polar surface area (TPSA) is 122 Å². The number of aromatic nitrogens is 4. The van der Waals surface area contributed by atoms with Gasteiger partial charge in [0.2, 0.25) is 5.91 Å². The number of halogens is 3. The SMILES string of the molecule is Cn1ncc2cc(N(Cc3cn(C4CCCCC4)cn3)C(=O)[C@H]3CCN3)ccc2c1=O.O=C(O)C(F)(F)F. The number of carbonyl (C=O) groups excluding carboxylic acids is 1. The van der Waals surface area contributed by atoms with Crippen molar-refractivity contribution < 1.29 is 27.9 Å². The standard InChI is InChI=1S/C23H28N6O2.C2HF3O2/c1-27-22(30)20-8-7-19(11-16(20)12-26-27)29(23(31)21-9-10-24-21)14-17-13-28(15-25-17)18-5-3-2-4-6-18;3-2(4,5)1(6)7/h7-8,11-13,15,18,21,24H,2-6,9-10,14H2,1H3;(H,6,7)/t21-;/m1./s1. The van der Waals surface area contributed by atoms with Gasteiger partial charge in [0.15, 0.2) is 0 Å². The first kappa shape index (κ1) is 27.3. The van der Waals surface area contributed by atoms with E-state index in [2.05, 4.69) is 26.2 Å². The third kappa shape index (κ3) is 6.21. The van der Waals surface area contributed by atoms with Crippen molar-refractivity contribution in [2.24, 2.45) is 7.05 Å². The third-order valence-electron chi connectivity index (χ3n) is 6.84. The molecule has 1 aliphatic heterocycles. The fourth-order valence-electron chi connectivity index (χ4n) is 4.58. The van der Waals surface area contributed by atoms with E-state index in [1.165, 1.54) is 36.8 Å². The van der Waals surface area contributed by atoms with Crippen molar-refractivity contribution >= 4 is 28.3 Å². The lowest BCUT2D eigenvalue weighted by atomic mass is 9.95. The molecule has 1 saturated carbocycles. The van der Waals surface area contributed by atoms with Crippen molar-refractivity contribution in [1.29, 1.82) is 0 Å². The number of aryl methyl sites for hydroxylation is 1. The summed E-state index contributed by atoms with van der Waals surface area (Å²) in [5.74, 6) is -2.72. The van der Waals surface area contributed by atoms with Gasteiger partial charge in [-0.2, -0.15) is 18.3 Å². The van der Waals surface area contributed by atoms with Gasteiger partial charge in [-0.05, 0) is 44.0 Å². The Morgan fingerprint density at radius 2 is 1.87 bits per heavy atom. The zero-order valence-electron chi connectivity index (χ0n) is 20.8. The molecule has 2 aromatic heterocycles. The third-order valence-corrected chi connectivity index (χ3v) is 6.84. The summed E-state index contributed by atoms with van der Waals surface area (Å²) in [5.41, 5.74) is 1.49. The Balaban J connectivity index is 0.000000426. The molecule has 38 heavy (non-hydrogen) atoms. The summed E-state index contributed by atoms with van der Waals surface area (Å²) < 4.78 is 35.3. The van der Waals surface area contributed by atoms with Gasteiger partial charge in [-0.1, -0.05) is 19.3 Å². The van der Waals surface area contributed by atoms with Crippen molar-refractivity contribution in [3.8, 4) is 0 Å². The number of fused-ring (bicyclic) bond motifs is 1. The minimum atomic E-state index is -5.08. The monoisotopic (exact) mass is 534 g/mol. The highest BCUT2D eigenvalue weighted by molar-refractivity contribution is 5.99. The predicted octanol–water partition coefficient (Wildman–Crippen LogP) is 3.16. The van der Waals surface area contributed by atoms with E-state index in [1.54, 1.807) is 24.2 Å². The molecule has 204 valence electrons. The molecule has 0 radical (unpaired) electrons. The van der Waals surface area contributed by atoms with E-state index in [4.69, 9.17) is 9.90 Å². The second-order valence-electron chi connectivity index (χ2n) is 9.47. The molecule has 0 unspecified atom stereocenters. The number of carboxylic acids is 1. The van der Waals surface area contributed by atoms with E-state index in [-0.39, 0.29) is 17.5 Å². The average molecular weight is 535 g/mol. The largest absolute Gasteiger partial charge is 0.490 e. The number of carboxylic acid groups (broad SMARTS) is 1. The van der Waals surface area contributed by atoms with Crippen LogP contribution in [0.4, 0.5) is 18.9 Å². The smallest absolute Gasteiger partial charge is 0.475 e. The predicted molar refractivity (Wildman–Crippen MR) is 133 cm³/mol. The number of benzene rings is 1. The van der Waals surface area contributed by atoms with Crippen LogP contribution < -0.4 is 15.8 Å². The van der Waals surface area contributed by atoms with Crippen LogP contribution in [0.15, 0.2) is 41.7 Å². The maximum atomic E-state index is 13.2. The molecule has 2 aliphatic rings. The van der Waals surface area contributed by atoms with Crippen LogP contribution in [-0.2, 0) is 23.2 Å². The number of anilines is 1. The van der Waals surface area contributed by atoms with Gasteiger partial charge in [0, 0.05) is 30.4 Å². The van der Waals surface area contributed by atoms with Crippen LogP contribution >= 0.6 is 0 Å². The van der Waals surface area contributed by atoms with Crippen LogP contribution in [0.2, 0.25) is 0 Å². The molecule has 1 aliphatic carbocycles. The molecule has 1 saturated heterocycles. The molecule has 2 fully saturated rings. The Kier molecular flexibility index (Phi) is 8.14. The Labute approximate surface area is 216 Å². The summed E-state index contributed by atoms with van der Waals surface area (Å²) in [6.45, 7) is 1.26. The first-order valence-electron chi connectivity index (χ1n) is 12.4. The molecule has 1 aromatic carbocycles. The highest BCUT2D eigenvalue weighted by Gasteiger charge is 2.38. The number of aliphatic carboxylic acids is 1. The number of hydrogen-bond donors (Lipinski definition) is 2. The summed E-state index contributed by atoms with van der Waals surface area (Å²) in [6.07, 6.45) is 7.64. The van der Waals surface area contributed by atoms with Gasteiger partial charge in [-0.25, -0.2) is 14.5 Å². The van der Waals surface area contributed by atoms with Crippen molar-refractivity contribution in [3.05, 3.63) is 53.0 Å². The van der Waals surface area contributed by atoms with Crippen LogP contribution in [-0.4, -0.2) is 55.1 Å². The van der Waals surface area contributed by atoms with E-state index in [9.17, 15) is 22.8 Å². The van der Waals surface area contributed by atoms with Crippen molar-refractivity contribution in [3.63, 3.8) is 0 Å². The Bertz CT molecular complexity index is 1360. The van der Waals surface area contributed by atoms with E-state index < -0.39 is 12.1 Å². The van der Waals surface area contributed by atoms with Crippen molar-refractivity contribution in [1.82, 2.24) is 24.6 Å². The van der Waals surface area contributed by atoms with E-state index >= 15 is 0 Å². The van der Waals surface area contributed by atoms with E-state index in [0.29, 0.717) is 18.0 Å². The normalized spacial score (nSPS) is 17.8. The number of amides is 1. The second kappa shape index (κ2) is 11.3. The number of alkyl halides is 3. The fourth-order valence-corrected chi connectivity index (χ4v) is 4.58. The van der Waals surface area contributed by atoms with Crippen molar-refractivity contribution in [2.45, 2.75) is 63.3 Å². The fraction of sp³-hybridized carbons (Fsp3) is 0.480. The molecule has 0 spiro atoms. The molecule has 0 bridgehead atoms. The van der Waals surface area contributed by atoms with Gasteiger partial charge in [-0.3, -0.25) is 9.59 Å². The molecule has 1 amide bonds. The molecule has 3 heterocycles. The maximum Gasteiger partial charge on any atom is 0.490 e. The molecule has 3 aromatic rings. The van der Waals surface area contributed by atoms with Gasteiger partial charge < -0.3 is 19.9 Å². The minimum absolute atomic E-state index is 0.0367. The van der Waals surface area contributed by atoms with E-state index in [0.717, 1.165) is 29.7 Å². The van der Waals surface area contributed by atoms with Gasteiger partial charge in [0.05, 0.1) is 36.2 Å². The summed E-state index contributed by atoms with van der Waals surface area (Å²) in [5, 5.41) is 15.8.